The Labute approximate surface area is 223 Å². The van der Waals surface area contributed by atoms with Crippen molar-refractivity contribution in [2.24, 2.45) is 11.1 Å². The van der Waals surface area contributed by atoms with E-state index in [1.165, 1.54) is 6.07 Å². The first-order valence-electron chi connectivity index (χ1n) is 13.0. The van der Waals surface area contributed by atoms with Gasteiger partial charge in [-0.3, -0.25) is 9.59 Å². The highest BCUT2D eigenvalue weighted by Crippen LogP contribution is 2.41. The lowest BCUT2D eigenvalue weighted by Gasteiger charge is -2.41. The molecule has 0 aliphatic rings. The van der Waals surface area contributed by atoms with E-state index in [2.05, 4.69) is 5.32 Å². The maximum absolute atomic E-state index is 14.8. The molecule has 0 radical (unpaired) electrons. The summed E-state index contributed by atoms with van der Waals surface area (Å²) in [6.45, 7) is 8.97. The Balaban J connectivity index is 2.16. The Hall–Kier alpha value is -3.52. The number of carbonyl (C=O) groups is 2. The molecule has 0 fully saturated rings. The van der Waals surface area contributed by atoms with Crippen LogP contribution in [0, 0.1) is 17.0 Å². The van der Waals surface area contributed by atoms with Gasteiger partial charge in [-0.2, -0.15) is 0 Å². The fourth-order valence-corrected chi connectivity index (χ4v) is 4.67. The van der Waals surface area contributed by atoms with Gasteiger partial charge in [0.1, 0.15) is 11.6 Å². The molecule has 8 heteroatoms. The normalized spacial score (nSPS) is 12.3. The number of rotatable bonds is 11. The van der Waals surface area contributed by atoms with Crippen LogP contribution in [0.5, 0.6) is 0 Å². The van der Waals surface area contributed by atoms with Gasteiger partial charge in [-0.1, -0.05) is 58.0 Å². The molecule has 0 aliphatic heterocycles. The van der Waals surface area contributed by atoms with E-state index >= 15 is 0 Å². The van der Waals surface area contributed by atoms with Crippen LogP contribution in [0.25, 0.3) is 11.1 Å². The number of nitrogens with two attached hydrogens (primary N) is 1. The summed E-state index contributed by atoms with van der Waals surface area (Å²) < 4.78 is 30.9. The highest BCUT2D eigenvalue weighted by atomic mass is 19.1. The summed E-state index contributed by atoms with van der Waals surface area (Å²) in [7, 11) is 0. The number of hydrogen-bond donors (Lipinski definition) is 2. The Bertz CT molecular complexity index is 1230. The van der Waals surface area contributed by atoms with Gasteiger partial charge < -0.3 is 20.5 Å². The Morgan fingerprint density at radius 2 is 1.79 bits per heavy atom. The molecule has 0 bridgehead atoms. The number of hydrogen-bond acceptors (Lipinski definition) is 3. The first kappa shape index (κ1) is 29.0. The van der Waals surface area contributed by atoms with Crippen LogP contribution in [0.2, 0.25) is 0 Å². The van der Waals surface area contributed by atoms with Gasteiger partial charge in [0, 0.05) is 42.5 Å². The van der Waals surface area contributed by atoms with Crippen LogP contribution in [0.1, 0.15) is 57.8 Å². The summed E-state index contributed by atoms with van der Waals surface area (Å²) in [5, 5.41) is 2.69. The van der Waals surface area contributed by atoms with Crippen molar-refractivity contribution < 1.29 is 18.4 Å². The van der Waals surface area contributed by atoms with Crippen molar-refractivity contribution in [1.29, 1.82) is 0 Å². The van der Waals surface area contributed by atoms with Crippen LogP contribution in [0.4, 0.5) is 8.78 Å². The lowest BCUT2D eigenvalue weighted by molar-refractivity contribution is -0.137. The molecule has 1 aromatic heterocycles. The zero-order valence-corrected chi connectivity index (χ0v) is 22.6. The van der Waals surface area contributed by atoms with Gasteiger partial charge in [-0.25, -0.2) is 8.78 Å². The molecule has 2 amide bonds. The molecule has 0 saturated carbocycles. The molecule has 1 heterocycles. The molecule has 0 aliphatic carbocycles. The minimum absolute atomic E-state index is 0.130. The van der Waals surface area contributed by atoms with Crippen molar-refractivity contribution in [3.05, 3.63) is 83.7 Å². The van der Waals surface area contributed by atoms with Crippen molar-refractivity contribution >= 4 is 11.8 Å². The average molecular weight is 525 g/mol. The lowest BCUT2D eigenvalue weighted by Crippen LogP contribution is -2.47. The quantitative estimate of drug-likeness (QED) is 0.359. The standard InChI is InChI=1S/C30H38F2N4O2/c1-5-27(37)34-18-28(38)36(15-9-14-33)29(30(2,3)4)26-16-22(24-17-23(31)12-13-25(24)32)20-35(26)19-21-10-7-6-8-11-21/h6-8,10-13,16-17,20,29H,5,9,14-15,18-19,33H2,1-4H3,(H,34,37). The van der Waals surface area contributed by atoms with Gasteiger partial charge in [-0.15, -0.1) is 0 Å². The zero-order chi connectivity index (χ0) is 27.9. The minimum atomic E-state index is -0.530. The number of amides is 2. The van der Waals surface area contributed by atoms with Crippen LogP contribution in [0.15, 0.2) is 60.8 Å². The molecule has 38 heavy (non-hydrogen) atoms. The van der Waals surface area contributed by atoms with Crippen LogP contribution in [-0.4, -0.2) is 40.9 Å². The molecule has 3 aromatic rings. The summed E-state index contributed by atoms with van der Waals surface area (Å²) in [5.41, 5.74) is 7.87. The topological polar surface area (TPSA) is 80.4 Å². The SMILES string of the molecule is CCC(=O)NCC(=O)N(CCCN)C(c1cc(-c2cc(F)ccc2F)cn1Cc1ccccc1)C(C)(C)C. The van der Waals surface area contributed by atoms with E-state index in [0.29, 0.717) is 31.6 Å². The van der Waals surface area contributed by atoms with E-state index in [4.69, 9.17) is 5.73 Å². The molecule has 1 atom stereocenters. The molecule has 0 saturated heterocycles. The van der Waals surface area contributed by atoms with Crippen molar-refractivity contribution in [1.82, 2.24) is 14.8 Å². The van der Waals surface area contributed by atoms with Gasteiger partial charge in [0.2, 0.25) is 11.8 Å². The van der Waals surface area contributed by atoms with E-state index in [1.54, 1.807) is 11.8 Å². The van der Waals surface area contributed by atoms with E-state index in [0.717, 1.165) is 23.4 Å². The largest absolute Gasteiger partial charge is 0.347 e. The fourth-order valence-electron chi connectivity index (χ4n) is 4.67. The summed E-state index contributed by atoms with van der Waals surface area (Å²) in [4.78, 5) is 27.2. The van der Waals surface area contributed by atoms with Crippen LogP contribution < -0.4 is 11.1 Å². The smallest absolute Gasteiger partial charge is 0.242 e. The predicted octanol–water partition coefficient (Wildman–Crippen LogP) is 5.27. The van der Waals surface area contributed by atoms with Crippen molar-refractivity contribution in [2.75, 3.05) is 19.6 Å². The molecule has 204 valence electrons. The second-order valence-electron chi connectivity index (χ2n) is 10.5. The van der Waals surface area contributed by atoms with E-state index in [9.17, 15) is 18.4 Å². The molecule has 1 unspecified atom stereocenters. The predicted molar refractivity (Wildman–Crippen MR) is 146 cm³/mol. The Morgan fingerprint density at radius 1 is 1.08 bits per heavy atom. The first-order valence-corrected chi connectivity index (χ1v) is 13.0. The third-order valence-corrected chi connectivity index (χ3v) is 6.46. The number of halogens is 2. The van der Waals surface area contributed by atoms with Gasteiger partial charge >= 0.3 is 0 Å². The number of aromatic nitrogens is 1. The molecule has 2 aromatic carbocycles. The number of benzene rings is 2. The minimum Gasteiger partial charge on any atom is -0.347 e. The van der Waals surface area contributed by atoms with E-state index < -0.39 is 23.1 Å². The fraction of sp³-hybridized carbons (Fsp3) is 0.400. The number of nitrogens with one attached hydrogen (secondary N) is 1. The summed E-state index contributed by atoms with van der Waals surface area (Å²) in [6, 6.07) is 14.6. The molecule has 0 spiro atoms. The average Bonchev–Trinajstić information content (AvgIpc) is 3.28. The van der Waals surface area contributed by atoms with Crippen molar-refractivity contribution in [2.45, 2.75) is 53.1 Å². The zero-order valence-electron chi connectivity index (χ0n) is 22.6. The maximum atomic E-state index is 14.8. The van der Waals surface area contributed by atoms with Crippen molar-refractivity contribution in [3.8, 4) is 11.1 Å². The van der Waals surface area contributed by atoms with Gasteiger partial charge in [0.25, 0.3) is 0 Å². The number of nitrogens with zero attached hydrogens (tertiary/aromatic N) is 2. The Kier molecular flexibility index (Phi) is 9.80. The van der Waals surface area contributed by atoms with Crippen LogP contribution >= 0.6 is 0 Å². The summed E-state index contributed by atoms with van der Waals surface area (Å²) >= 11 is 0. The summed E-state index contributed by atoms with van der Waals surface area (Å²) in [6.07, 6.45) is 2.66. The first-order chi connectivity index (χ1) is 18.0. The maximum Gasteiger partial charge on any atom is 0.242 e. The second kappa shape index (κ2) is 12.8. The van der Waals surface area contributed by atoms with Crippen LogP contribution in [0.3, 0.4) is 0 Å². The molecular weight excluding hydrogens is 486 g/mol. The van der Waals surface area contributed by atoms with E-state index in [-0.39, 0.29) is 30.3 Å². The molecule has 3 rings (SSSR count). The van der Waals surface area contributed by atoms with Gasteiger partial charge in [0.15, 0.2) is 0 Å². The van der Waals surface area contributed by atoms with Gasteiger partial charge in [-0.05, 0) is 48.2 Å². The molecule has 3 N–H and O–H groups in total. The lowest BCUT2D eigenvalue weighted by atomic mass is 9.83. The third-order valence-electron chi connectivity index (χ3n) is 6.46. The van der Waals surface area contributed by atoms with Crippen LogP contribution in [-0.2, 0) is 16.1 Å². The van der Waals surface area contributed by atoms with Crippen molar-refractivity contribution in [3.63, 3.8) is 0 Å². The number of carbonyl (C=O) groups excluding carboxylic acids is 2. The molecule has 6 nitrogen and oxygen atoms in total. The molecular formula is C30H38F2N4O2. The summed E-state index contributed by atoms with van der Waals surface area (Å²) in [5.74, 6) is -1.50. The highest BCUT2D eigenvalue weighted by molar-refractivity contribution is 5.85. The Morgan fingerprint density at radius 3 is 2.42 bits per heavy atom. The monoisotopic (exact) mass is 524 g/mol. The second-order valence-corrected chi connectivity index (χ2v) is 10.5. The van der Waals surface area contributed by atoms with E-state index in [1.807, 2.05) is 67.9 Å². The third kappa shape index (κ3) is 7.28. The van der Waals surface area contributed by atoms with Gasteiger partial charge in [0.05, 0.1) is 12.6 Å². The highest BCUT2D eigenvalue weighted by Gasteiger charge is 2.37.